The van der Waals surface area contributed by atoms with E-state index >= 15 is 0 Å². The number of ether oxygens (including phenoxy) is 1. The van der Waals surface area contributed by atoms with E-state index in [0.29, 0.717) is 24.4 Å². The Morgan fingerprint density at radius 3 is 2.50 bits per heavy atom. The lowest BCUT2D eigenvalue weighted by atomic mass is 10.0. The molecule has 0 atom stereocenters. The molecule has 0 spiro atoms. The van der Waals surface area contributed by atoms with Gasteiger partial charge in [-0.2, -0.15) is 9.41 Å². The number of carbonyl (C=O) groups is 1. The summed E-state index contributed by atoms with van der Waals surface area (Å²) in [6.45, 7) is 6.88. The number of nitrogens with one attached hydrogen (secondary N) is 1. The second kappa shape index (κ2) is 12.4. The van der Waals surface area contributed by atoms with Crippen LogP contribution in [0.5, 0.6) is 11.5 Å². The Bertz CT molecular complexity index is 1550. The zero-order valence-electron chi connectivity index (χ0n) is 22.7. The van der Waals surface area contributed by atoms with Crippen molar-refractivity contribution < 1.29 is 22.9 Å². The molecule has 0 aliphatic carbocycles. The number of rotatable bonds is 9. The van der Waals surface area contributed by atoms with Gasteiger partial charge in [-0.1, -0.05) is 38.5 Å². The van der Waals surface area contributed by atoms with Crippen molar-refractivity contribution in [2.45, 2.75) is 50.8 Å². The summed E-state index contributed by atoms with van der Waals surface area (Å²) in [4.78, 5) is 24.0. The molecular weight excluding hydrogens is 532 g/mol. The topological polar surface area (TPSA) is 131 Å². The first-order valence-electron chi connectivity index (χ1n) is 13.1. The SMILES string of the molecule is Cc1ccc(C(C)C)c(Oc2ccc(/C=N/NC(=O)c3cccc(S(=O)(=O)N4CCCCC4)c3)cc2[N+](=O)[O-])c1. The number of hydrogen-bond acceptors (Lipinski definition) is 7. The Kier molecular flexibility index (Phi) is 8.96. The number of nitrogens with zero attached hydrogens (tertiary/aromatic N) is 3. The van der Waals surface area contributed by atoms with Crippen LogP contribution in [-0.2, 0) is 10.0 Å². The summed E-state index contributed by atoms with van der Waals surface area (Å²) in [6.07, 6.45) is 3.89. The lowest BCUT2D eigenvalue weighted by Gasteiger charge is -2.25. The van der Waals surface area contributed by atoms with Crippen LogP contribution in [0.1, 0.15) is 66.1 Å². The van der Waals surface area contributed by atoms with Crippen LogP contribution in [-0.4, -0.2) is 42.9 Å². The fourth-order valence-corrected chi connectivity index (χ4v) is 6.01. The lowest BCUT2D eigenvalue weighted by Crippen LogP contribution is -2.35. The van der Waals surface area contributed by atoms with Gasteiger partial charge in [0.2, 0.25) is 15.8 Å². The largest absolute Gasteiger partial charge is 0.450 e. The second-order valence-corrected chi connectivity index (χ2v) is 11.9. The molecule has 40 heavy (non-hydrogen) atoms. The third-order valence-electron chi connectivity index (χ3n) is 6.62. The normalized spacial score (nSPS) is 14.4. The van der Waals surface area contributed by atoms with Crippen LogP contribution in [0.2, 0.25) is 0 Å². The molecular formula is C29H32N4O6S. The number of nitro benzene ring substituents is 1. The Balaban J connectivity index is 1.49. The van der Waals surface area contributed by atoms with Crippen LogP contribution in [0.4, 0.5) is 5.69 Å². The monoisotopic (exact) mass is 564 g/mol. The van der Waals surface area contributed by atoms with Crippen molar-refractivity contribution in [3.63, 3.8) is 0 Å². The molecule has 10 nitrogen and oxygen atoms in total. The minimum atomic E-state index is -3.69. The van der Waals surface area contributed by atoms with Crippen molar-refractivity contribution in [1.82, 2.24) is 9.73 Å². The van der Waals surface area contributed by atoms with Crippen LogP contribution in [0.3, 0.4) is 0 Å². The number of carbonyl (C=O) groups excluding carboxylic acids is 1. The summed E-state index contributed by atoms with van der Waals surface area (Å²) < 4.78 is 33.3. The van der Waals surface area contributed by atoms with Gasteiger partial charge in [-0.15, -0.1) is 0 Å². The standard InChI is InChI=1S/C29H32N4O6S/c1-20(2)25-12-10-21(3)16-28(25)39-27-13-11-22(17-26(27)33(35)36)19-30-31-29(34)23-8-7-9-24(18-23)40(37,38)32-14-5-4-6-15-32/h7-13,16-20H,4-6,14-15H2,1-3H3,(H,31,34)/b30-19+. The molecule has 0 radical (unpaired) electrons. The fraction of sp³-hybridized carbons (Fsp3) is 0.310. The Labute approximate surface area is 233 Å². The smallest absolute Gasteiger partial charge is 0.312 e. The van der Waals surface area contributed by atoms with E-state index in [0.717, 1.165) is 30.4 Å². The molecule has 4 rings (SSSR count). The molecule has 0 aromatic heterocycles. The summed E-state index contributed by atoms with van der Waals surface area (Å²) in [5.74, 6) is 0.194. The maximum Gasteiger partial charge on any atom is 0.312 e. The van der Waals surface area contributed by atoms with Crippen molar-refractivity contribution in [1.29, 1.82) is 0 Å². The van der Waals surface area contributed by atoms with Crippen LogP contribution in [0.15, 0.2) is 70.7 Å². The molecule has 210 valence electrons. The summed E-state index contributed by atoms with van der Waals surface area (Å²) in [7, 11) is -3.69. The third kappa shape index (κ3) is 6.72. The number of sulfonamides is 1. The van der Waals surface area contributed by atoms with E-state index in [1.807, 2.05) is 39.0 Å². The molecule has 1 amide bonds. The predicted molar refractivity (Wildman–Crippen MR) is 153 cm³/mol. The molecule has 1 aliphatic rings. The number of hydrogen-bond donors (Lipinski definition) is 1. The summed E-state index contributed by atoms with van der Waals surface area (Å²) in [5.41, 5.74) is 4.51. The average molecular weight is 565 g/mol. The van der Waals surface area contributed by atoms with Crippen molar-refractivity contribution in [2.24, 2.45) is 5.10 Å². The minimum absolute atomic E-state index is 0.0477. The van der Waals surface area contributed by atoms with Crippen LogP contribution in [0.25, 0.3) is 0 Å². The molecule has 1 N–H and O–H groups in total. The Morgan fingerprint density at radius 1 is 1.05 bits per heavy atom. The maximum absolute atomic E-state index is 13.0. The van der Waals surface area contributed by atoms with E-state index in [-0.39, 0.29) is 27.8 Å². The molecule has 11 heteroatoms. The van der Waals surface area contributed by atoms with Crippen molar-refractivity contribution in [3.8, 4) is 11.5 Å². The summed E-state index contributed by atoms with van der Waals surface area (Å²) in [5, 5.41) is 15.7. The molecule has 1 heterocycles. The first-order valence-corrected chi connectivity index (χ1v) is 14.5. The number of piperidine rings is 1. The first-order chi connectivity index (χ1) is 19.1. The molecule has 0 bridgehead atoms. The van der Waals surface area contributed by atoms with Gasteiger partial charge in [0, 0.05) is 30.3 Å². The summed E-state index contributed by atoms with van der Waals surface area (Å²) >= 11 is 0. The van der Waals surface area contributed by atoms with Gasteiger partial charge in [-0.05, 0) is 73.2 Å². The summed E-state index contributed by atoms with van der Waals surface area (Å²) in [6, 6.07) is 15.9. The van der Waals surface area contributed by atoms with Crippen molar-refractivity contribution >= 4 is 27.8 Å². The van der Waals surface area contributed by atoms with Crippen LogP contribution in [0, 0.1) is 17.0 Å². The highest BCUT2D eigenvalue weighted by atomic mass is 32.2. The molecule has 1 aliphatic heterocycles. The fourth-order valence-electron chi connectivity index (χ4n) is 4.45. The van der Waals surface area contributed by atoms with Gasteiger partial charge in [-0.3, -0.25) is 14.9 Å². The Morgan fingerprint density at radius 2 is 1.80 bits per heavy atom. The average Bonchev–Trinajstić information content (AvgIpc) is 2.94. The van der Waals surface area contributed by atoms with E-state index in [2.05, 4.69) is 10.5 Å². The van der Waals surface area contributed by atoms with Crippen LogP contribution >= 0.6 is 0 Å². The van der Waals surface area contributed by atoms with Crippen LogP contribution < -0.4 is 10.2 Å². The molecule has 0 saturated carbocycles. The predicted octanol–water partition coefficient (Wildman–Crippen LogP) is 5.76. The van der Waals surface area contributed by atoms with E-state index < -0.39 is 20.9 Å². The van der Waals surface area contributed by atoms with Crippen molar-refractivity contribution in [2.75, 3.05) is 13.1 Å². The number of nitro groups is 1. The minimum Gasteiger partial charge on any atom is -0.450 e. The first kappa shape index (κ1) is 28.9. The van der Waals surface area contributed by atoms with Gasteiger partial charge >= 0.3 is 5.69 Å². The molecule has 1 fully saturated rings. The maximum atomic E-state index is 13.0. The van der Waals surface area contributed by atoms with Gasteiger partial charge in [0.1, 0.15) is 5.75 Å². The zero-order chi connectivity index (χ0) is 28.9. The van der Waals surface area contributed by atoms with Gasteiger partial charge in [-0.25, -0.2) is 13.8 Å². The number of aryl methyl sites for hydroxylation is 1. The second-order valence-electron chi connectivity index (χ2n) is 9.97. The van der Waals surface area contributed by atoms with Gasteiger partial charge in [0.05, 0.1) is 16.0 Å². The zero-order valence-corrected chi connectivity index (χ0v) is 23.5. The van der Waals surface area contributed by atoms with Gasteiger partial charge < -0.3 is 4.74 Å². The van der Waals surface area contributed by atoms with E-state index in [1.165, 1.54) is 46.9 Å². The Hall–Kier alpha value is -4.09. The van der Waals surface area contributed by atoms with Gasteiger partial charge in [0.15, 0.2) is 0 Å². The lowest BCUT2D eigenvalue weighted by molar-refractivity contribution is -0.385. The molecule has 3 aromatic rings. The molecule has 1 saturated heterocycles. The quantitative estimate of drug-likeness (QED) is 0.200. The van der Waals surface area contributed by atoms with E-state index in [1.54, 1.807) is 6.07 Å². The van der Waals surface area contributed by atoms with Crippen molar-refractivity contribution in [3.05, 3.63) is 93.0 Å². The number of amides is 1. The van der Waals surface area contributed by atoms with E-state index in [4.69, 9.17) is 4.74 Å². The number of benzene rings is 3. The highest BCUT2D eigenvalue weighted by molar-refractivity contribution is 7.89. The highest BCUT2D eigenvalue weighted by Crippen LogP contribution is 2.36. The molecule has 3 aromatic carbocycles. The van der Waals surface area contributed by atoms with E-state index in [9.17, 15) is 23.3 Å². The van der Waals surface area contributed by atoms with Gasteiger partial charge in [0.25, 0.3) is 5.91 Å². The number of hydrazone groups is 1. The third-order valence-corrected chi connectivity index (χ3v) is 8.51. The highest BCUT2D eigenvalue weighted by Gasteiger charge is 2.26. The molecule has 0 unspecified atom stereocenters.